The predicted molar refractivity (Wildman–Crippen MR) is 68.8 cm³/mol. The van der Waals surface area contributed by atoms with Crippen molar-refractivity contribution in [3.8, 4) is 0 Å². The number of hydrogen-bond donors (Lipinski definition) is 1. The first-order chi connectivity index (χ1) is 8.15. The maximum absolute atomic E-state index is 10.1. The molecule has 1 aromatic carbocycles. The number of benzene rings is 1. The number of hydrogen-bond acceptors (Lipinski definition) is 2. The lowest BCUT2D eigenvalue weighted by Crippen LogP contribution is -2.04. The molecule has 88 valence electrons. The third kappa shape index (κ3) is 3.14. The first-order valence-electron chi connectivity index (χ1n) is 5.81. The Labute approximate surface area is 102 Å². The highest BCUT2D eigenvalue weighted by Gasteiger charge is 2.09. The first-order valence-corrected chi connectivity index (χ1v) is 5.81. The van der Waals surface area contributed by atoms with Gasteiger partial charge in [0.15, 0.2) is 0 Å². The van der Waals surface area contributed by atoms with Crippen molar-refractivity contribution in [3.63, 3.8) is 0 Å². The fourth-order valence-electron chi connectivity index (χ4n) is 1.73. The highest BCUT2D eigenvalue weighted by atomic mass is 16.3. The molecule has 2 heteroatoms. The molecule has 1 aromatic heterocycles. The molecule has 1 unspecified atom stereocenters. The van der Waals surface area contributed by atoms with E-state index in [4.69, 9.17) is 0 Å². The molecule has 0 spiro atoms. The van der Waals surface area contributed by atoms with Crippen molar-refractivity contribution in [2.75, 3.05) is 0 Å². The van der Waals surface area contributed by atoms with Gasteiger partial charge in [0.1, 0.15) is 0 Å². The van der Waals surface area contributed by atoms with Crippen molar-refractivity contribution >= 4 is 0 Å². The number of aryl methyl sites for hydroxylation is 2. The zero-order chi connectivity index (χ0) is 12.3. The molecule has 2 rings (SSSR count). The lowest BCUT2D eigenvalue weighted by Gasteiger charge is -2.10. The van der Waals surface area contributed by atoms with E-state index in [1.54, 1.807) is 6.20 Å². The summed E-state index contributed by atoms with van der Waals surface area (Å²) in [6.07, 6.45) is 1.86. The largest absolute Gasteiger partial charge is 0.386 e. The standard InChI is InChI=1S/C15H17NO/c1-11-3-6-13(7-4-11)9-15(17)14-8-5-12(2)10-16-14/h3-8,10,15,17H,9H2,1-2H3. The molecule has 0 radical (unpaired) electrons. The van der Waals surface area contributed by atoms with E-state index in [2.05, 4.69) is 24.0 Å². The second-order valence-electron chi connectivity index (χ2n) is 4.47. The van der Waals surface area contributed by atoms with Crippen molar-refractivity contribution in [2.24, 2.45) is 0 Å². The number of nitrogens with zero attached hydrogens (tertiary/aromatic N) is 1. The fraction of sp³-hybridized carbons (Fsp3) is 0.267. The third-order valence-electron chi connectivity index (χ3n) is 2.83. The van der Waals surface area contributed by atoms with E-state index in [-0.39, 0.29) is 0 Å². The van der Waals surface area contributed by atoms with Crippen LogP contribution < -0.4 is 0 Å². The molecule has 17 heavy (non-hydrogen) atoms. The van der Waals surface area contributed by atoms with Gasteiger partial charge in [0.25, 0.3) is 0 Å². The summed E-state index contributed by atoms with van der Waals surface area (Å²) >= 11 is 0. The van der Waals surface area contributed by atoms with Gasteiger partial charge in [-0.1, -0.05) is 35.9 Å². The Morgan fingerprint density at radius 2 is 1.65 bits per heavy atom. The molecule has 0 aliphatic carbocycles. The van der Waals surface area contributed by atoms with Crippen LogP contribution in [0.2, 0.25) is 0 Å². The van der Waals surface area contributed by atoms with Crippen LogP contribution >= 0.6 is 0 Å². The molecule has 0 amide bonds. The summed E-state index contributed by atoms with van der Waals surface area (Å²) < 4.78 is 0. The van der Waals surface area contributed by atoms with Gasteiger partial charge in [-0.3, -0.25) is 4.98 Å². The van der Waals surface area contributed by atoms with E-state index in [0.29, 0.717) is 6.42 Å². The fourth-order valence-corrected chi connectivity index (χ4v) is 1.73. The van der Waals surface area contributed by atoms with Crippen LogP contribution in [0.15, 0.2) is 42.6 Å². The van der Waals surface area contributed by atoms with Crippen molar-refractivity contribution < 1.29 is 5.11 Å². The van der Waals surface area contributed by atoms with Crippen LogP contribution in [0.4, 0.5) is 0 Å². The molecule has 0 saturated heterocycles. The first kappa shape index (κ1) is 11.8. The van der Waals surface area contributed by atoms with Crippen LogP contribution in [0.5, 0.6) is 0 Å². The summed E-state index contributed by atoms with van der Waals surface area (Å²) in [6, 6.07) is 12.1. The SMILES string of the molecule is Cc1ccc(CC(O)c2ccc(C)cn2)cc1. The lowest BCUT2D eigenvalue weighted by atomic mass is 10.0. The zero-order valence-corrected chi connectivity index (χ0v) is 10.2. The van der Waals surface area contributed by atoms with Crippen molar-refractivity contribution in [1.82, 2.24) is 4.98 Å². The van der Waals surface area contributed by atoms with Gasteiger partial charge in [-0.25, -0.2) is 0 Å². The van der Waals surface area contributed by atoms with Crippen LogP contribution in [-0.2, 0) is 6.42 Å². The third-order valence-corrected chi connectivity index (χ3v) is 2.83. The summed E-state index contributed by atoms with van der Waals surface area (Å²) in [5.41, 5.74) is 4.20. The van der Waals surface area contributed by atoms with Crippen molar-refractivity contribution in [3.05, 3.63) is 65.0 Å². The van der Waals surface area contributed by atoms with Gasteiger partial charge < -0.3 is 5.11 Å². The number of aliphatic hydroxyl groups excluding tert-OH is 1. The van der Waals surface area contributed by atoms with E-state index in [1.807, 2.05) is 31.2 Å². The van der Waals surface area contributed by atoms with Crippen LogP contribution in [0, 0.1) is 13.8 Å². The second kappa shape index (κ2) is 5.11. The Morgan fingerprint density at radius 3 is 2.24 bits per heavy atom. The predicted octanol–water partition coefficient (Wildman–Crippen LogP) is 2.97. The van der Waals surface area contributed by atoms with E-state index in [0.717, 1.165) is 16.8 Å². The van der Waals surface area contributed by atoms with Gasteiger partial charge >= 0.3 is 0 Å². The van der Waals surface area contributed by atoms with Crippen LogP contribution in [0.3, 0.4) is 0 Å². The maximum Gasteiger partial charge on any atom is 0.0999 e. The van der Waals surface area contributed by atoms with Crippen molar-refractivity contribution in [1.29, 1.82) is 0 Å². The topological polar surface area (TPSA) is 33.1 Å². The quantitative estimate of drug-likeness (QED) is 0.874. The zero-order valence-electron chi connectivity index (χ0n) is 10.2. The molecule has 0 aliphatic rings. The molecule has 0 saturated carbocycles. The summed E-state index contributed by atoms with van der Waals surface area (Å²) in [7, 11) is 0. The molecule has 1 N–H and O–H groups in total. The Kier molecular flexibility index (Phi) is 3.55. The van der Waals surface area contributed by atoms with Gasteiger partial charge in [0.05, 0.1) is 11.8 Å². The van der Waals surface area contributed by atoms with Gasteiger partial charge in [-0.15, -0.1) is 0 Å². The average molecular weight is 227 g/mol. The van der Waals surface area contributed by atoms with E-state index in [9.17, 15) is 5.11 Å². The number of aliphatic hydroxyl groups is 1. The number of aromatic nitrogens is 1. The smallest absolute Gasteiger partial charge is 0.0999 e. The highest BCUT2D eigenvalue weighted by Crippen LogP contribution is 2.16. The Bertz CT molecular complexity index is 473. The summed E-state index contributed by atoms with van der Waals surface area (Å²) in [4.78, 5) is 4.24. The van der Waals surface area contributed by atoms with Gasteiger partial charge in [-0.05, 0) is 31.0 Å². The maximum atomic E-state index is 10.1. The summed E-state index contributed by atoms with van der Waals surface area (Å²) in [5, 5.41) is 10.1. The van der Waals surface area contributed by atoms with Crippen LogP contribution in [0.1, 0.15) is 28.5 Å². The monoisotopic (exact) mass is 227 g/mol. The van der Waals surface area contributed by atoms with E-state index in [1.165, 1.54) is 5.56 Å². The summed E-state index contributed by atoms with van der Waals surface area (Å²) in [5.74, 6) is 0. The van der Waals surface area contributed by atoms with Gasteiger partial charge in [-0.2, -0.15) is 0 Å². The molecule has 0 bridgehead atoms. The molecule has 2 nitrogen and oxygen atoms in total. The second-order valence-corrected chi connectivity index (χ2v) is 4.47. The van der Waals surface area contributed by atoms with Crippen LogP contribution in [-0.4, -0.2) is 10.1 Å². The van der Waals surface area contributed by atoms with E-state index < -0.39 is 6.10 Å². The minimum Gasteiger partial charge on any atom is -0.386 e. The molecule has 1 heterocycles. The molecular formula is C15H17NO. The molecular weight excluding hydrogens is 210 g/mol. The van der Waals surface area contributed by atoms with Crippen LogP contribution in [0.25, 0.3) is 0 Å². The Morgan fingerprint density at radius 1 is 1.00 bits per heavy atom. The van der Waals surface area contributed by atoms with Gasteiger partial charge in [0, 0.05) is 12.6 Å². The minimum atomic E-state index is -0.529. The minimum absolute atomic E-state index is 0.529. The van der Waals surface area contributed by atoms with Gasteiger partial charge in [0.2, 0.25) is 0 Å². The lowest BCUT2D eigenvalue weighted by molar-refractivity contribution is 0.173. The Hall–Kier alpha value is -1.67. The number of rotatable bonds is 3. The normalized spacial score (nSPS) is 12.4. The van der Waals surface area contributed by atoms with E-state index >= 15 is 0 Å². The van der Waals surface area contributed by atoms with Crippen molar-refractivity contribution in [2.45, 2.75) is 26.4 Å². The molecule has 2 aromatic rings. The highest BCUT2D eigenvalue weighted by molar-refractivity contribution is 5.23. The molecule has 1 atom stereocenters. The number of pyridine rings is 1. The average Bonchev–Trinajstić information content (AvgIpc) is 2.33. The molecule has 0 aliphatic heterocycles. The Balaban J connectivity index is 2.08. The summed E-state index contributed by atoms with van der Waals surface area (Å²) in [6.45, 7) is 4.05. The molecule has 0 fully saturated rings.